The predicted octanol–water partition coefficient (Wildman–Crippen LogP) is 1.15. The topological polar surface area (TPSA) is 40.5 Å². The molecule has 0 amide bonds. The number of carboxylic acids is 1. The molecule has 1 heterocycles. The Morgan fingerprint density at radius 1 is 1.67 bits per heavy atom. The van der Waals surface area contributed by atoms with Crippen molar-refractivity contribution in [1.29, 1.82) is 0 Å². The highest BCUT2D eigenvalue weighted by Gasteiger charge is 2.28. The van der Waals surface area contributed by atoms with Gasteiger partial charge in [0.25, 0.3) is 0 Å². The van der Waals surface area contributed by atoms with E-state index in [1.807, 2.05) is 0 Å². The Morgan fingerprint density at radius 3 is 2.67 bits per heavy atom. The van der Waals surface area contributed by atoms with Crippen molar-refractivity contribution >= 4 is 17.6 Å². The van der Waals surface area contributed by atoms with E-state index in [1.165, 1.54) is 0 Å². The lowest BCUT2D eigenvalue weighted by molar-refractivity contribution is -0.139. The standard InChI is InChI=1S/C8H12ClNO2/c1-6(9)3-10-4-7(5-10)2-8(11)12/h7H,1-5H2,(H,11,12). The minimum absolute atomic E-state index is 0.269. The molecule has 0 bridgehead atoms. The molecule has 0 saturated carbocycles. The second-order valence-corrected chi connectivity index (χ2v) is 3.71. The van der Waals surface area contributed by atoms with Gasteiger partial charge in [0, 0.05) is 24.7 Å². The highest BCUT2D eigenvalue weighted by Crippen LogP contribution is 2.20. The number of hydrogen-bond acceptors (Lipinski definition) is 2. The molecule has 4 heteroatoms. The summed E-state index contributed by atoms with van der Waals surface area (Å²) in [5.74, 6) is -0.414. The summed E-state index contributed by atoms with van der Waals surface area (Å²) in [6, 6.07) is 0. The molecule has 0 aromatic heterocycles. The van der Waals surface area contributed by atoms with Crippen LogP contribution >= 0.6 is 11.6 Å². The minimum atomic E-state index is -0.718. The van der Waals surface area contributed by atoms with Crippen LogP contribution in [0.25, 0.3) is 0 Å². The van der Waals surface area contributed by atoms with Crippen molar-refractivity contribution < 1.29 is 9.90 Å². The van der Waals surface area contributed by atoms with E-state index in [0.29, 0.717) is 17.5 Å². The van der Waals surface area contributed by atoms with E-state index in [9.17, 15) is 4.79 Å². The van der Waals surface area contributed by atoms with Gasteiger partial charge < -0.3 is 5.11 Å². The maximum atomic E-state index is 10.3. The molecule has 0 radical (unpaired) electrons. The molecule has 1 rings (SSSR count). The third-order valence-corrected chi connectivity index (χ3v) is 2.01. The molecular weight excluding hydrogens is 178 g/mol. The molecule has 1 saturated heterocycles. The smallest absolute Gasteiger partial charge is 0.303 e. The van der Waals surface area contributed by atoms with E-state index < -0.39 is 5.97 Å². The summed E-state index contributed by atoms with van der Waals surface area (Å²) in [6.45, 7) is 5.91. The lowest BCUT2D eigenvalue weighted by atomic mass is 9.97. The first-order valence-corrected chi connectivity index (χ1v) is 4.23. The fraction of sp³-hybridized carbons (Fsp3) is 0.625. The van der Waals surface area contributed by atoms with Crippen molar-refractivity contribution in [3.63, 3.8) is 0 Å². The number of likely N-dealkylation sites (tertiary alicyclic amines) is 1. The van der Waals surface area contributed by atoms with Gasteiger partial charge in [0.15, 0.2) is 0 Å². The number of carbonyl (C=O) groups is 1. The average Bonchev–Trinajstić information content (AvgIpc) is 1.80. The van der Waals surface area contributed by atoms with E-state index in [2.05, 4.69) is 11.5 Å². The lowest BCUT2D eigenvalue weighted by Crippen LogP contribution is -2.47. The van der Waals surface area contributed by atoms with Crippen molar-refractivity contribution in [2.75, 3.05) is 19.6 Å². The molecule has 0 aliphatic carbocycles. The molecule has 0 aromatic carbocycles. The first-order chi connectivity index (χ1) is 5.58. The lowest BCUT2D eigenvalue weighted by Gasteiger charge is -2.38. The van der Waals surface area contributed by atoms with Crippen molar-refractivity contribution in [3.8, 4) is 0 Å². The van der Waals surface area contributed by atoms with E-state index in [0.717, 1.165) is 13.1 Å². The van der Waals surface area contributed by atoms with Gasteiger partial charge in [-0.25, -0.2) is 0 Å². The summed E-state index contributed by atoms with van der Waals surface area (Å²) in [4.78, 5) is 12.4. The molecule has 1 fully saturated rings. The number of rotatable bonds is 4. The van der Waals surface area contributed by atoms with Crippen LogP contribution in [0.1, 0.15) is 6.42 Å². The molecule has 12 heavy (non-hydrogen) atoms. The predicted molar refractivity (Wildman–Crippen MR) is 47.2 cm³/mol. The summed E-state index contributed by atoms with van der Waals surface area (Å²) in [5.41, 5.74) is 0. The van der Waals surface area contributed by atoms with Gasteiger partial charge in [0.1, 0.15) is 0 Å². The average molecular weight is 190 g/mol. The molecule has 0 aromatic rings. The maximum absolute atomic E-state index is 10.3. The van der Waals surface area contributed by atoms with E-state index in [-0.39, 0.29) is 6.42 Å². The molecule has 3 nitrogen and oxygen atoms in total. The van der Waals surface area contributed by atoms with Gasteiger partial charge in [-0.3, -0.25) is 9.69 Å². The fourth-order valence-corrected chi connectivity index (χ4v) is 1.59. The van der Waals surface area contributed by atoms with Crippen molar-refractivity contribution in [2.24, 2.45) is 5.92 Å². The summed E-state index contributed by atoms with van der Waals surface area (Å²) in [5, 5.41) is 9.07. The van der Waals surface area contributed by atoms with E-state index in [1.54, 1.807) is 0 Å². The van der Waals surface area contributed by atoms with Gasteiger partial charge in [0.2, 0.25) is 0 Å². The summed E-state index contributed by atoms with van der Waals surface area (Å²) < 4.78 is 0. The van der Waals surface area contributed by atoms with Gasteiger partial charge in [-0.2, -0.15) is 0 Å². The summed E-state index contributed by atoms with van der Waals surface area (Å²) in [7, 11) is 0. The van der Waals surface area contributed by atoms with Crippen molar-refractivity contribution in [2.45, 2.75) is 6.42 Å². The van der Waals surface area contributed by atoms with Crippen LogP contribution in [-0.4, -0.2) is 35.6 Å². The minimum Gasteiger partial charge on any atom is -0.481 e. The Bertz CT molecular complexity index is 179. The second kappa shape index (κ2) is 3.92. The van der Waals surface area contributed by atoms with Crippen LogP contribution in [0.15, 0.2) is 11.6 Å². The third-order valence-electron chi connectivity index (χ3n) is 1.89. The van der Waals surface area contributed by atoms with Gasteiger partial charge in [-0.15, -0.1) is 0 Å². The van der Waals surface area contributed by atoms with Crippen LogP contribution in [-0.2, 0) is 4.79 Å². The SMILES string of the molecule is C=C(Cl)CN1CC(CC(=O)O)C1. The van der Waals surface area contributed by atoms with E-state index >= 15 is 0 Å². The van der Waals surface area contributed by atoms with Crippen LogP contribution < -0.4 is 0 Å². The van der Waals surface area contributed by atoms with Crippen LogP contribution in [0, 0.1) is 5.92 Å². The Balaban J connectivity index is 2.11. The van der Waals surface area contributed by atoms with Crippen LogP contribution in [0.5, 0.6) is 0 Å². The molecule has 1 aliphatic rings. The van der Waals surface area contributed by atoms with Crippen molar-refractivity contribution in [1.82, 2.24) is 4.90 Å². The molecule has 68 valence electrons. The largest absolute Gasteiger partial charge is 0.481 e. The Morgan fingerprint density at radius 2 is 2.25 bits per heavy atom. The number of halogens is 1. The Hall–Kier alpha value is -0.540. The van der Waals surface area contributed by atoms with E-state index in [4.69, 9.17) is 16.7 Å². The van der Waals surface area contributed by atoms with Crippen molar-refractivity contribution in [3.05, 3.63) is 11.6 Å². The first kappa shape index (κ1) is 9.55. The molecule has 1 N–H and O–H groups in total. The quantitative estimate of drug-likeness (QED) is 0.721. The Kier molecular flexibility index (Phi) is 3.12. The summed E-state index contributed by atoms with van der Waals surface area (Å²) >= 11 is 5.59. The van der Waals surface area contributed by atoms with Crippen LogP contribution in [0.3, 0.4) is 0 Å². The van der Waals surface area contributed by atoms with Crippen LogP contribution in [0.2, 0.25) is 0 Å². The third kappa shape index (κ3) is 2.83. The van der Waals surface area contributed by atoms with Gasteiger partial charge >= 0.3 is 5.97 Å². The molecular formula is C8H12ClNO2. The number of carboxylic acid groups (broad SMARTS) is 1. The molecule has 1 aliphatic heterocycles. The molecule has 0 spiro atoms. The zero-order valence-corrected chi connectivity index (χ0v) is 7.55. The normalized spacial score (nSPS) is 18.8. The van der Waals surface area contributed by atoms with Gasteiger partial charge in [-0.1, -0.05) is 18.2 Å². The Labute approximate surface area is 76.6 Å². The number of nitrogens with zero attached hydrogens (tertiary/aromatic N) is 1. The molecule has 0 unspecified atom stereocenters. The highest BCUT2D eigenvalue weighted by molar-refractivity contribution is 6.29. The van der Waals surface area contributed by atoms with Gasteiger partial charge in [-0.05, 0) is 5.92 Å². The first-order valence-electron chi connectivity index (χ1n) is 3.85. The number of hydrogen-bond donors (Lipinski definition) is 1. The monoisotopic (exact) mass is 189 g/mol. The van der Waals surface area contributed by atoms with Crippen LogP contribution in [0.4, 0.5) is 0 Å². The fourth-order valence-electron chi connectivity index (χ4n) is 1.42. The maximum Gasteiger partial charge on any atom is 0.303 e. The highest BCUT2D eigenvalue weighted by atomic mass is 35.5. The number of aliphatic carboxylic acids is 1. The summed E-state index contributed by atoms with van der Waals surface area (Å²) in [6.07, 6.45) is 0.269. The zero-order chi connectivity index (χ0) is 9.14. The zero-order valence-electron chi connectivity index (χ0n) is 6.79. The second-order valence-electron chi connectivity index (χ2n) is 3.18. The molecule has 0 atom stereocenters. The van der Waals surface area contributed by atoms with Gasteiger partial charge in [0.05, 0.1) is 6.42 Å².